The van der Waals surface area contributed by atoms with Crippen molar-refractivity contribution in [2.24, 2.45) is 0 Å². The summed E-state index contributed by atoms with van der Waals surface area (Å²) in [5.74, 6) is -1.17. The number of carboxylic acids is 1. The fourth-order valence-electron chi connectivity index (χ4n) is 2.06. The molecule has 1 atom stereocenters. The standard InChI is InChI=1S/C12H15NO3/c1-13-5-4-9-6-8(2-3-10(9)13)7-11(14)12(15)16/h2-3,6,11,14H,4-5,7H2,1H3,(H,15,16). The average molecular weight is 221 g/mol. The summed E-state index contributed by atoms with van der Waals surface area (Å²) >= 11 is 0. The Hall–Kier alpha value is -1.55. The maximum Gasteiger partial charge on any atom is 0.332 e. The van der Waals surface area contributed by atoms with Crippen molar-refractivity contribution in [3.05, 3.63) is 29.3 Å². The zero-order chi connectivity index (χ0) is 11.7. The Morgan fingerprint density at radius 3 is 3.00 bits per heavy atom. The molecule has 1 aromatic rings. The van der Waals surface area contributed by atoms with Crippen molar-refractivity contribution in [2.45, 2.75) is 18.9 Å². The molecule has 4 heteroatoms. The molecule has 0 aromatic heterocycles. The molecule has 1 aliphatic heterocycles. The summed E-state index contributed by atoms with van der Waals surface area (Å²) in [4.78, 5) is 12.7. The van der Waals surface area contributed by atoms with E-state index in [0.29, 0.717) is 0 Å². The molecule has 1 unspecified atom stereocenters. The van der Waals surface area contributed by atoms with Gasteiger partial charge >= 0.3 is 5.97 Å². The van der Waals surface area contributed by atoms with Gasteiger partial charge in [-0.1, -0.05) is 12.1 Å². The van der Waals surface area contributed by atoms with Crippen LogP contribution in [0.4, 0.5) is 5.69 Å². The van der Waals surface area contributed by atoms with Crippen LogP contribution in [0.5, 0.6) is 0 Å². The van der Waals surface area contributed by atoms with Gasteiger partial charge in [0.15, 0.2) is 6.10 Å². The first-order valence-corrected chi connectivity index (χ1v) is 5.32. The highest BCUT2D eigenvalue weighted by Crippen LogP contribution is 2.27. The van der Waals surface area contributed by atoms with E-state index in [0.717, 1.165) is 18.5 Å². The zero-order valence-corrected chi connectivity index (χ0v) is 9.18. The molecule has 1 aliphatic rings. The molecule has 2 N–H and O–H groups in total. The van der Waals surface area contributed by atoms with Crippen molar-refractivity contribution < 1.29 is 15.0 Å². The molecule has 1 aromatic carbocycles. The molecule has 86 valence electrons. The highest BCUT2D eigenvalue weighted by Gasteiger charge is 2.18. The Bertz CT molecular complexity index is 417. The van der Waals surface area contributed by atoms with E-state index in [9.17, 15) is 9.90 Å². The summed E-state index contributed by atoms with van der Waals surface area (Å²) in [5.41, 5.74) is 3.31. The number of carbonyl (C=O) groups is 1. The molecule has 2 rings (SSSR count). The van der Waals surface area contributed by atoms with Gasteiger partial charge in [0.05, 0.1) is 0 Å². The number of likely N-dealkylation sites (N-methyl/N-ethyl adjacent to an activating group) is 1. The van der Waals surface area contributed by atoms with Gasteiger partial charge in [0.25, 0.3) is 0 Å². The van der Waals surface area contributed by atoms with Gasteiger partial charge in [-0.25, -0.2) is 4.79 Å². The first-order valence-electron chi connectivity index (χ1n) is 5.32. The number of benzene rings is 1. The Morgan fingerprint density at radius 2 is 2.31 bits per heavy atom. The second-order valence-corrected chi connectivity index (χ2v) is 4.19. The molecule has 16 heavy (non-hydrogen) atoms. The van der Waals surface area contributed by atoms with Gasteiger partial charge in [-0.2, -0.15) is 0 Å². The Balaban J connectivity index is 2.16. The molecule has 0 saturated carbocycles. The third-order valence-electron chi connectivity index (χ3n) is 2.99. The van der Waals surface area contributed by atoms with Crippen molar-refractivity contribution in [1.29, 1.82) is 0 Å². The highest BCUT2D eigenvalue weighted by molar-refractivity contribution is 5.72. The SMILES string of the molecule is CN1CCc2cc(CC(O)C(=O)O)ccc21. The highest BCUT2D eigenvalue weighted by atomic mass is 16.4. The summed E-state index contributed by atoms with van der Waals surface area (Å²) < 4.78 is 0. The minimum atomic E-state index is -1.31. The van der Waals surface area contributed by atoms with Crippen LogP contribution in [0.3, 0.4) is 0 Å². The van der Waals surface area contributed by atoms with Crippen LogP contribution in [0.2, 0.25) is 0 Å². The van der Waals surface area contributed by atoms with Crippen molar-refractivity contribution in [3.63, 3.8) is 0 Å². The van der Waals surface area contributed by atoms with Crippen LogP contribution < -0.4 is 4.90 Å². The monoisotopic (exact) mass is 221 g/mol. The van der Waals surface area contributed by atoms with E-state index in [1.165, 1.54) is 11.3 Å². The van der Waals surface area contributed by atoms with Crippen molar-refractivity contribution in [2.75, 3.05) is 18.5 Å². The topological polar surface area (TPSA) is 60.8 Å². The number of hydrogen-bond acceptors (Lipinski definition) is 3. The van der Waals surface area contributed by atoms with Gasteiger partial charge in [-0.3, -0.25) is 0 Å². The van der Waals surface area contributed by atoms with E-state index in [1.54, 1.807) is 0 Å². The van der Waals surface area contributed by atoms with Crippen molar-refractivity contribution in [1.82, 2.24) is 0 Å². The van der Waals surface area contributed by atoms with Crippen LogP contribution in [-0.4, -0.2) is 35.9 Å². The smallest absolute Gasteiger partial charge is 0.332 e. The first-order chi connectivity index (χ1) is 7.58. The summed E-state index contributed by atoms with van der Waals surface area (Å²) in [6, 6.07) is 5.87. The lowest BCUT2D eigenvalue weighted by Gasteiger charge is -2.12. The van der Waals surface area contributed by atoms with E-state index in [-0.39, 0.29) is 6.42 Å². The normalized spacial score (nSPS) is 16.0. The second kappa shape index (κ2) is 4.14. The van der Waals surface area contributed by atoms with E-state index in [2.05, 4.69) is 4.90 Å². The van der Waals surface area contributed by atoms with Gasteiger partial charge in [-0.05, 0) is 23.6 Å². The van der Waals surface area contributed by atoms with E-state index in [4.69, 9.17) is 5.11 Å². The number of rotatable bonds is 3. The third-order valence-corrected chi connectivity index (χ3v) is 2.99. The fraction of sp³-hybridized carbons (Fsp3) is 0.417. The van der Waals surface area contributed by atoms with Crippen LogP contribution in [0.1, 0.15) is 11.1 Å². The second-order valence-electron chi connectivity index (χ2n) is 4.19. The molecule has 0 spiro atoms. The number of hydrogen-bond donors (Lipinski definition) is 2. The number of fused-ring (bicyclic) bond motifs is 1. The number of aliphatic hydroxyl groups excluding tert-OH is 1. The van der Waals surface area contributed by atoms with Crippen LogP contribution in [0, 0.1) is 0 Å². The number of aliphatic carboxylic acids is 1. The average Bonchev–Trinajstić information content (AvgIpc) is 2.60. The number of anilines is 1. The van der Waals surface area contributed by atoms with E-state index < -0.39 is 12.1 Å². The van der Waals surface area contributed by atoms with Gasteiger partial charge in [0.2, 0.25) is 0 Å². The molecule has 0 radical (unpaired) electrons. The Kier molecular flexibility index (Phi) is 2.83. The van der Waals surface area contributed by atoms with Crippen molar-refractivity contribution in [3.8, 4) is 0 Å². The molecule has 4 nitrogen and oxygen atoms in total. The van der Waals surface area contributed by atoms with Crippen LogP contribution >= 0.6 is 0 Å². The lowest BCUT2D eigenvalue weighted by Crippen LogP contribution is -2.22. The maximum atomic E-state index is 10.5. The van der Waals surface area contributed by atoms with Gasteiger partial charge in [0.1, 0.15) is 0 Å². The molecular formula is C12H15NO3. The molecule has 0 aliphatic carbocycles. The molecule has 0 saturated heterocycles. The molecule has 0 bridgehead atoms. The van der Waals surface area contributed by atoms with Gasteiger partial charge < -0.3 is 15.1 Å². The lowest BCUT2D eigenvalue weighted by molar-refractivity contribution is -0.146. The quantitative estimate of drug-likeness (QED) is 0.787. The number of aliphatic hydroxyl groups is 1. The van der Waals surface area contributed by atoms with Crippen LogP contribution in [-0.2, 0) is 17.6 Å². The van der Waals surface area contributed by atoms with E-state index >= 15 is 0 Å². The first kappa shape index (κ1) is 11.0. The summed E-state index contributed by atoms with van der Waals surface area (Å²) in [5, 5.41) is 17.9. The number of nitrogens with zero attached hydrogens (tertiary/aromatic N) is 1. The molecule has 0 fully saturated rings. The predicted molar refractivity (Wildman–Crippen MR) is 60.8 cm³/mol. The maximum absolute atomic E-state index is 10.5. The lowest BCUT2D eigenvalue weighted by atomic mass is 10.0. The van der Waals surface area contributed by atoms with Crippen LogP contribution in [0.25, 0.3) is 0 Å². The van der Waals surface area contributed by atoms with Gasteiger partial charge in [0, 0.05) is 25.7 Å². The minimum absolute atomic E-state index is 0.173. The fourth-order valence-corrected chi connectivity index (χ4v) is 2.06. The molecular weight excluding hydrogens is 206 g/mol. The Labute approximate surface area is 94.1 Å². The summed E-state index contributed by atoms with van der Waals surface area (Å²) in [7, 11) is 2.04. The largest absolute Gasteiger partial charge is 0.479 e. The van der Waals surface area contributed by atoms with Crippen LogP contribution in [0.15, 0.2) is 18.2 Å². The molecule has 1 heterocycles. The molecule has 0 amide bonds. The van der Waals surface area contributed by atoms with E-state index in [1.807, 2.05) is 25.2 Å². The van der Waals surface area contributed by atoms with Crippen molar-refractivity contribution >= 4 is 11.7 Å². The Morgan fingerprint density at radius 1 is 1.56 bits per heavy atom. The predicted octanol–water partition coefficient (Wildman–Crippen LogP) is 0.667. The van der Waals surface area contributed by atoms with Gasteiger partial charge in [-0.15, -0.1) is 0 Å². The number of carboxylic acid groups (broad SMARTS) is 1. The third kappa shape index (κ3) is 2.02. The summed E-state index contributed by atoms with van der Waals surface area (Å²) in [6.45, 7) is 1.00. The zero-order valence-electron chi connectivity index (χ0n) is 9.18. The summed E-state index contributed by atoms with van der Waals surface area (Å²) in [6.07, 6.45) is -0.146. The minimum Gasteiger partial charge on any atom is -0.479 e.